The Hall–Kier alpha value is -2.89. The average molecular weight is 517 g/mol. The van der Waals surface area contributed by atoms with E-state index in [1.165, 1.54) is 28.8 Å². The molecule has 2 aliphatic carbocycles. The summed E-state index contributed by atoms with van der Waals surface area (Å²) in [6.07, 6.45) is 7.94. The predicted octanol–water partition coefficient (Wildman–Crippen LogP) is 6.33. The van der Waals surface area contributed by atoms with Gasteiger partial charge in [0.25, 0.3) is 0 Å². The number of fused-ring (bicyclic) bond motifs is 3. The molecule has 0 aliphatic heterocycles. The summed E-state index contributed by atoms with van der Waals surface area (Å²) >= 11 is -3.49. The summed E-state index contributed by atoms with van der Waals surface area (Å²) in [5.41, 5.74) is 7.39. The Morgan fingerprint density at radius 2 is 1.29 bits per heavy atom. The summed E-state index contributed by atoms with van der Waals surface area (Å²) in [6, 6.07) is 39.0. The number of hydrogen-bond acceptors (Lipinski definition) is 0. The molecule has 6 rings (SSSR count). The van der Waals surface area contributed by atoms with Crippen molar-refractivity contribution in [3.8, 4) is 11.1 Å². The van der Waals surface area contributed by atoms with Gasteiger partial charge in [-0.2, -0.15) is 0 Å². The van der Waals surface area contributed by atoms with Crippen molar-refractivity contribution < 1.29 is 19.8 Å². The standard InChI is InChI=1S/C18H13.2C6H5.C3H6.Zr/c1-2-8-13(7-1)18-16-11-5-3-9-14(16)15-10-4-6-12-17(15)18;2*1-2-4-6-5-3-1;1-3-2;/h1-7,9-11,18H,8H2;2*1-5H;1-2H3;. The van der Waals surface area contributed by atoms with E-state index in [1.807, 2.05) is 0 Å². The van der Waals surface area contributed by atoms with Crippen LogP contribution in [0.4, 0.5) is 0 Å². The molecule has 0 nitrogen and oxygen atoms in total. The van der Waals surface area contributed by atoms with E-state index in [4.69, 9.17) is 0 Å². The third-order valence-corrected chi connectivity index (χ3v) is 20.3. The molecule has 2 aliphatic rings. The van der Waals surface area contributed by atoms with Gasteiger partial charge in [0.15, 0.2) is 0 Å². The normalized spacial score (nSPS) is 16.2. The van der Waals surface area contributed by atoms with Crippen molar-refractivity contribution in [3.05, 3.63) is 138 Å². The number of rotatable bonds is 4. The Kier molecular flexibility index (Phi) is 5.55. The number of benzene rings is 4. The molecule has 0 amide bonds. The van der Waals surface area contributed by atoms with Crippen LogP contribution < -0.4 is 9.81 Å². The average Bonchev–Trinajstić information content (AvgIpc) is 3.52. The van der Waals surface area contributed by atoms with E-state index >= 15 is 0 Å². The quantitative estimate of drug-likeness (QED) is 0.297. The molecule has 1 unspecified atom stereocenters. The molecular weight excluding hydrogens is 488 g/mol. The Balaban J connectivity index is 1.76. The molecule has 34 heavy (non-hydrogen) atoms. The van der Waals surface area contributed by atoms with Crippen LogP contribution in [-0.4, -0.2) is 3.21 Å². The zero-order chi connectivity index (χ0) is 23.1. The second kappa shape index (κ2) is 8.72. The van der Waals surface area contributed by atoms with E-state index in [0.29, 0.717) is 5.92 Å². The molecule has 0 bridgehead atoms. The second-order valence-electron chi connectivity index (χ2n) is 9.64. The third-order valence-electron chi connectivity index (χ3n) is 7.70. The van der Waals surface area contributed by atoms with Crippen LogP contribution in [0.15, 0.2) is 127 Å². The van der Waals surface area contributed by atoms with Crippen LogP contribution in [0.2, 0.25) is 0 Å². The molecule has 0 N–H and O–H groups in total. The van der Waals surface area contributed by atoms with Crippen molar-refractivity contribution in [2.75, 3.05) is 0 Å². The first-order valence-electron chi connectivity index (χ1n) is 12.2. The van der Waals surface area contributed by atoms with Crippen molar-refractivity contribution in [2.24, 2.45) is 0 Å². The van der Waals surface area contributed by atoms with E-state index in [1.54, 1.807) is 12.0 Å². The van der Waals surface area contributed by atoms with Gasteiger partial charge >= 0.3 is 208 Å². The fourth-order valence-corrected chi connectivity index (χ4v) is 18.8. The fraction of sp³-hybridized carbons (Fsp3) is 0.121. The zero-order valence-corrected chi connectivity index (χ0v) is 22.3. The summed E-state index contributed by atoms with van der Waals surface area (Å²) in [7, 11) is 0. The number of allylic oxidation sites excluding steroid dienone is 4. The fourth-order valence-electron chi connectivity index (χ4n) is 6.35. The molecular formula is C33H29Zr. The van der Waals surface area contributed by atoms with Crippen LogP contribution >= 0.6 is 0 Å². The maximum atomic E-state index is 2.48. The SMILES string of the molecule is C[C](C)=[Zr]([c]1ccccc1)([c]1ccccc1)[c]1cccc2c1C(C1=CC=CC1)c1ccccc1-2. The Labute approximate surface area is 207 Å². The van der Waals surface area contributed by atoms with E-state index in [9.17, 15) is 0 Å². The molecule has 0 saturated carbocycles. The van der Waals surface area contributed by atoms with Crippen molar-refractivity contribution in [3.63, 3.8) is 0 Å². The zero-order valence-electron chi connectivity index (χ0n) is 19.8. The first-order chi connectivity index (χ1) is 16.7. The molecule has 0 spiro atoms. The monoisotopic (exact) mass is 515 g/mol. The first-order valence-corrected chi connectivity index (χ1v) is 17.1. The van der Waals surface area contributed by atoms with Crippen molar-refractivity contribution in [2.45, 2.75) is 26.2 Å². The predicted molar refractivity (Wildman–Crippen MR) is 144 cm³/mol. The van der Waals surface area contributed by atoms with Gasteiger partial charge in [-0.25, -0.2) is 0 Å². The van der Waals surface area contributed by atoms with E-state index < -0.39 is 19.8 Å². The van der Waals surface area contributed by atoms with Gasteiger partial charge < -0.3 is 0 Å². The van der Waals surface area contributed by atoms with Crippen LogP contribution in [0.3, 0.4) is 0 Å². The first kappa shape index (κ1) is 21.6. The summed E-state index contributed by atoms with van der Waals surface area (Å²) < 4.78 is 6.26. The molecule has 0 aromatic heterocycles. The van der Waals surface area contributed by atoms with E-state index in [0.717, 1.165) is 6.42 Å². The summed E-state index contributed by atoms with van der Waals surface area (Å²) in [5.74, 6) is 0.334. The molecule has 0 radical (unpaired) electrons. The van der Waals surface area contributed by atoms with Crippen LogP contribution in [0.1, 0.15) is 37.3 Å². The van der Waals surface area contributed by atoms with E-state index in [-0.39, 0.29) is 0 Å². The molecule has 1 atom stereocenters. The summed E-state index contributed by atoms with van der Waals surface area (Å²) in [6.45, 7) is 4.78. The molecule has 4 aromatic carbocycles. The molecule has 165 valence electrons. The van der Waals surface area contributed by atoms with Gasteiger partial charge in [-0.15, -0.1) is 0 Å². The molecule has 1 heteroatoms. The molecule has 0 saturated heterocycles. The second-order valence-corrected chi connectivity index (χ2v) is 20.0. The summed E-state index contributed by atoms with van der Waals surface area (Å²) in [4.78, 5) is 0. The summed E-state index contributed by atoms with van der Waals surface area (Å²) in [5, 5.41) is 0. The Bertz CT molecular complexity index is 1440. The molecule has 0 heterocycles. The third kappa shape index (κ3) is 3.18. The molecule has 4 aromatic rings. The van der Waals surface area contributed by atoms with Gasteiger partial charge in [0.2, 0.25) is 0 Å². The minimum atomic E-state index is -3.49. The van der Waals surface area contributed by atoms with Gasteiger partial charge in [0.1, 0.15) is 0 Å². The van der Waals surface area contributed by atoms with Gasteiger partial charge in [0.05, 0.1) is 0 Å². The van der Waals surface area contributed by atoms with Gasteiger partial charge in [0, 0.05) is 0 Å². The minimum absolute atomic E-state index is 0.334. The van der Waals surface area contributed by atoms with Crippen LogP contribution in [0, 0.1) is 0 Å². The van der Waals surface area contributed by atoms with Gasteiger partial charge in [-0.05, 0) is 0 Å². The van der Waals surface area contributed by atoms with Crippen LogP contribution in [0.25, 0.3) is 11.1 Å². The van der Waals surface area contributed by atoms with E-state index in [2.05, 4.69) is 135 Å². The maximum absolute atomic E-state index is 3.49. The topological polar surface area (TPSA) is 0 Å². The Morgan fingerprint density at radius 3 is 1.91 bits per heavy atom. The van der Waals surface area contributed by atoms with Gasteiger partial charge in [-0.1, -0.05) is 0 Å². The number of hydrogen-bond donors (Lipinski definition) is 0. The van der Waals surface area contributed by atoms with Crippen molar-refractivity contribution in [1.29, 1.82) is 0 Å². The van der Waals surface area contributed by atoms with Gasteiger partial charge in [-0.3, -0.25) is 0 Å². The van der Waals surface area contributed by atoms with Crippen molar-refractivity contribution >= 4 is 13.0 Å². The van der Waals surface area contributed by atoms with Crippen LogP contribution in [0.5, 0.6) is 0 Å². The molecule has 0 fully saturated rings. The van der Waals surface area contributed by atoms with Crippen LogP contribution in [-0.2, 0) is 19.8 Å². The Morgan fingerprint density at radius 1 is 0.676 bits per heavy atom. The van der Waals surface area contributed by atoms with Crippen molar-refractivity contribution in [1.82, 2.24) is 0 Å².